The summed E-state index contributed by atoms with van der Waals surface area (Å²) in [7, 11) is 0. The van der Waals surface area contributed by atoms with E-state index in [1.807, 2.05) is 0 Å². The highest BCUT2D eigenvalue weighted by atomic mass is 79.9. The van der Waals surface area contributed by atoms with Crippen LogP contribution < -0.4 is 5.43 Å². The van der Waals surface area contributed by atoms with E-state index >= 15 is 0 Å². The zero-order valence-electron chi connectivity index (χ0n) is 10.0. The Kier molecular flexibility index (Phi) is 4.06. The molecule has 19 heavy (non-hydrogen) atoms. The Hall–Kier alpha value is -0.820. The number of Topliss-reactive ketones (excluding diaryl/α,β-unsaturated/α-hetero) is 1. The van der Waals surface area contributed by atoms with E-state index in [1.54, 1.807) is 12.1 Å². The minimum absolute atomic E-state index is 0.103. The lowest BCUT2D eigenvalue weighted by atomic mass is 10.1. The molecule has 0 fully saturated rings. The van der Waals surface area contributed by atoms with Crippen molar-refractivity contribution in [1.29, 1.82) is 0 Å². The molecule has 0 aliphatic carbocycles. The van der Waals surface area contributed by atoms with Gasteiger partial charge in [-0.25, -0.2) is 0 Å². The summed E-state index contributed by atoms with van der Waals surface area (Å²) in [5.41, 5.74) is -0.168. The van der Waals surface area contributed by atoms with Crippen molar-refractivity contribution in [2.24, 2.45) is 0 Å². The molecule has 4 nitrogen and oxygen atoms in total. The molecule has 100 valence electrons. The summed E-state index contributed by atoms with van der Waals surface area (Å²) in [5.74, 6) is -0.440. The van der Waals surface area contributed by atoms with Crippen LogP contribution >= 0.6 is 27.5 Å². The van der Waals surface area contributed by atoms with E-state index in [0.717, 1.165) is 0 Å². The standard InChI is InChI=1S/C12H9BrClNO3S/c1-5(16)8-11(17)9-7(14)4-3-6(13)10(9)15-12(8)19(2)18/h3-4H,1-2H3,(H,15,17). The third-order valence-electron chi connectivity index (χ3n) is 2.66. The van der Waals surface area contributed by atoms with Crippen LogP contribution in [0.3, 0.4) is 0 Å². The van der Waals surface area contributed by atoms with E-state index in [9.17, 15) is 14.1 Å². The molecule has 1 aromatic carbocycles. The number of benzene rings is 1. The number of hydrogen-bond acceptors (Lipinski definition) is 3. The Morgan fingerprint density at radius 2 is 2.11 bits per heavy atom. The fourth-order valence-electron chi connectivity index (χ4n) is 1.84. The molecule has 0 bridgehead atoms. The summed E-state index contributed by atoms with van der Waals surface area (Å²) in [4.78, 5) is 26.9. The number of ketones is 1. The predicted molar refractivity (Wildman–Crippen MR) is 79.6 cm³/mol. The molecule has 2 aromatic rings. The van der Waals surface area contributed by atoms with Gasteiger partial charge in [-0.2, -0.15) is 0 Å². The third kappa shape index (κ3) is 2.45. The first kappa shape index (κ1) is 14.6. The van der Waals surface area contributed by atoms with E-state index in [2.05, 4.69) is 20.9 Å². The van der Waals surface area contributed by atoms with Crippen LogP contribution in [0.2, 0.25) is 5.02 Å². The molecular weight excluding hydrogens is 354 g/mol. The number of aromatic amines is 1. The van der Waals surface area contributed by atoms with Gasteiger partial charge in [-0.15, -0.1) is 0 Å². The fraction of sp³-hybridized carbons (Fsp3) is 0.167. The van der Waals surface area contributed by atoms with Gasteiger partial charge in [0.15, 0.2) is 5.78 Å². The molecule has 0 saturated carbocycles. The number of fused-ring (bicyclic) bond motifs is 1. The molecule has 0 aliphatic rings. The first-order valence-electron chi connectivity index (χ1n) is 5.23. The van der Waals surface area contributed by atoms with E-state index in [1.165, 1.54) is 13.2 Å². The highest BCUT2D eigenvalue weighted by Crippen LogP contribution is 2.28. The SMILES string of the molecule is CC(=O)c1c([S+](C)[O-])[nH]c2c(Br)ccc(Cl)c2c1=O. The van der Waals surface area contributed by atoms with Gasteiger partial charge in [0, 0.05) is 15.6 Å². The second kappa shape index (κ2) is 5.28. The average molecular weight is 363 g/mol. The number of carbonyl (C=O) groups excluding carboxylic acids is 1. The maximum atomic E-state index is 12.4. The van der Waals surface area contributed by atoms with Crippen LogP contribution in [-0.2, 0) is 11.2 Å². The molecule has 1 N–H and O–H groups in total. The summed E-state index contributed by atoms with van der Waals surface area (Å²) < 4.78 is 12.3. The van der Waals surface area contributed by atoms with Crippen molar-refractivity contribution >= 4 is 55.4 Å². The Labute approximate surface area is 125 Å². The van der Waals surface area contributed by atoms with Crippen molar-refractivity contribution in [3.05, 3.63) is 37.4 Å². The maximum Gasteiger partial charge on any atom is 0.237 e. The normalized spacial score (nSPS) is 12.7. The monoisotopic (exact) mass is 361 g/mol. The van der Waals surface area contributed by atoms with Gasteiger partial charge in [0.1, 0.15) is 11.8 Å². The Balaban J connectivity index is 3.07. The molecule has 0 spiro atoms. The molecule has 0 aliphatic heterocycles. The number of rotatable bonds is 2. The van der Waals surface area contributed by atoms with E-state index < -0.39 is 22.4 Å². The first-order chi connectivity index (χ1) is 8.84. The zero-order valence-corrected chi connectivity index (χ0v) is 13.2. The third-order valence-corrected chi connectivity index (χ3v) is 4.52. The van der Waals surface area contributed by atoms with Crippen molar-refractivity contribution in [3.8, 4) is 0 Å². The lowest BCUT2D eigenvalue weighted by Crippen LogP contribution is -2.21. The molecular formula is C12H9BrClNO3S. The van der Waals surface area contributed by atoms with Crippen molar-refractivity contribution in [3.63, 3.8) is 0 Å². The van der Waals surface area contributed by atoms with Crippen LogP contribution in [0.15, 0.2) is 26.4 Å². The zero-order chi connectivity index (χ0) is 14.3. The number of H-pyrrole nitrogens is 1. The van der Waals surface area contributed by atoms with Gasteiger partial charge in [-0.3, -0.25) is 9.59 Å². The van der Waals surface area contributed by atoms with Gasteiger partial charge in [0.2, 0.25) is 10.5 Å². The molecule has 1 atom stereocenters. The van der Waals surface area contributed by atoms with Gasteiger partial charge in [0.05, 0.1) is 15.9 Å². The highest BCUT2D eigenvalue weighted by Gasteiger charge is 2.24. The fourth-order valence-corrected chi connectivity index (χ4v) is 3.28. The number of aromatic nitrogens is 1. The summed E-state index contributed by atoms with van der Waals surface area (Å²) in [6.07, 6.45) is 1.40. The van der Waals surface area contributed by atoms with Crippen LogP contribution in [0.4, 0.5) is 0 Å². The second-order valence-corrected chi connectivity index (χ2v) is 6.53. The lowest BCUT2D eigenvalue weighted by Gasteiger charge is -2.11. The van der Waals surface area contributed by atoms with Crippen molar-refractivity contribution < 1.29 is 9.35 Å². The maximum absolute atomic E-state index is 12.4. The Bertz CT molecular complexity index is 742. The molecule has 0 saturated heterocycles. The summed E-state index contributed by atoms with van der Waals surface area (Å²) in [6.45, 7) is 1.26. The van der Waals surface area contributed by atoms with Crippen LogP contribution in [0.1, 0.15) is 17.3 Å². The van der Waals surface area contributed by atoms with Crippen molar-refractivity contribution in [2.45, 2.75) is 11.9 Å². The number of carbonyl (C=O) groups is 1. The van der Waals surface area contributed by atoms with Crippen molar-refractivity contribution in [2.75, 3.05) is 6.26 Å². The highest BCUT2D eigenvalue weighted by molar-refractivity contribution is 9.10. The van der Waals surface area contributed by atoms with Gasteiger partial charge in [-0.1, -0.05) is 11.6 Å². The van der Waals surface area contributed by atoms with E-state index in [4.69, 9.17) is 11.6 Å². The number of halogens is 2. The minimum Gasteiger partial charge on any atom is -0.610 e. The van der Waals surface area contributed by atoms with E-state index in [0.29, 0.717) is 9.99 Å². The lowest BCUT2D eigenvalue weighted by molar-refractivity contribution is 0.101. The largest absolute Gasteiger partial charge is 0.610 e. The molecule has 7 heteroatoms. The van der Waals surface area contributed by atoms with Crippen LogP contribution in [0, 0.1) is 0 Å². The predicted octanol–water partition coefficient (Wildman–Crippen LogP) is 2.88. The Morgan fingerprint density at radius 1 is 1.47 bits per heavy atom. The summed E-state index contributed by atoms with van der Waals surface area (Å²) in [5, 5.41) is 0.582. The molecule has 0 radical (unpaired) electrons. The van der Waals surface area contributed by atoms with Gasteiger partial charge in [-0.05, 0) is 35.0 Å². The smallest absolute Gasteiger partial charge is 0.237 e. The molecule has 2 rings (SSSR count). The second-order valence-electron chi connectivity index (χ2n) is 3.95. The van der Waals surface area contributed by atoms with Gasteiger partial charge < -0.3 is 9.54 Å². The van der Waals surface area contributed by atoms with Crippen LogP contribution in [0.25, 0.3) is 10.9 Å². The van der Waals surface area contributed by atoms with Crippen LogP contribution in [-0.4, -0.2) is 21.6 Å². The molecule has 1 unspecified atom stereocenters. The van der Waals surface area contributed by atoms with Crippen LogP contribution in [0.5, 0.6) is 0 Å². The molecule has 0 amide bonds. The summed E-state index contributed by atoms with van der Waals surface area (Å²) in [6, 6.07) is 3.24. The van der Waals surface area contributed by atoms with E-state index in [-0.39, 0.29) is 21.0 Å². The van der Waals surface area contributed by atoms with Crippen molar-refractivity contribution in [1.82, 2.24) is 4.98 Å². The summed E-state index contributed by atoms with van der Waals surface area (Å²) >= 11 is 7.83. The number of nitrogens with one attached hydrogen (secondary N) is 1. The number of pyridine rings is 1. The first-order valence-corrected chi connectivity index (χ1v) is 7.95. The molecule has 1 aromatic heterocycles. The molecule has 1 heterocycles. The topological polar surface area (TPSA) is 73.0 Å². The Morgan fingerprint density at radius 3 is 2.63 bits per heavy atom. The average Bonchev–Trinajstić information content (AvgIpc) is 2.32. The number of hydrogen-bond donors (Lipinski definition) is 1. The van der Waals surface area contributed by atoms with Gasteiger partial charge >= 0.3 is 0 Å². The van der Waals surface area contributed by atoms with Gasteiger partial charge in [0.25, 0.3) is 0 Å². The quantitative estimate of drug-likeness (QED) is 0.659. The minimum atomic E-state index is -1.48.